The molecule has 0 radical (unpaired) electrons. The average molecular weight is 1410 g/mol. The van der Waals surface area contributed by atoms with Gasteiger partial charge in [0.2, 0.25) is 5.91 Å². The van der Waals surface area contributed by atoms with Gasteiger partial charge >= 0.3 is 0 Å². The van der Waals surface area contributed by atoms with Crippen molar-refractivity contribution in [3.8, 4) is 0 Å². The van der Waals surface area contributed by atoms with E-state index in [4.69, 9.17) is 28.4 Å². The van der Waals surface area contributed by atoms with Crippen molar-refractivity contribution in [1.82, 2.24) is 5.32 Å². The smallest absolute Gasteiger partial charge is 0.220 e. The number of aliphatic hydroxyl groups excluding tert-OH is 11. The first kappa shape index (κ1) is 90.1. The number of carbonyl (C=O) groups is 1. The normalized spacial score (nSPS) is 27.2. The molecule has 0 aromatic rings. The predicted octanol–water partition coefficient (Wildman–Crippen LogP) is 12.1. The maximum atomic E-state index is 13.4. The Hall–Kier alpha value is -4.07. The van der Waals surface area contributed by atoms with Gasteiger partial charge in [-0.1, -0.05) is 257 Å². The van der Waals surface area contributed by atoms with Crippen LogP contribution in [-0.4, -0.2) is 193 Å². The van der Waals surface area contributed by atoms with Crippen LogP contribution >= 0.6 is 0 Å². The number of aliphatic hydroxyl groups is 11. The first-order valence-corrected chi connectivity index (χ1v) is 38.4. The zero-order valence-electron chi connectivity index (χ0n) is 60.9. The van der Waals surface area contributed by atoms with Crippen LogP contribution in [0.4, 0.5) is 0 Å². The molecule has 19 heteroatoms. The molecule has 3 fully saturated rings. The molecule has 3 saturated heterocycles. The lowest BCUT2D eigenvalue weighted by molar-refractivity contribution is -0.379. The van der Waals surface area contributed by atoms with Gasteiger partial charge in [-0.15, -0.1) is 0 Å². The lowest BCUT2D eigenvalue weighted by Crippen LogP contribution is -2.66. The number of amides is 1. The van der Waals surface area contributed by atoms with Gasteiger partial charge in [0.25, 0.3) is 0 Å². The molecule has 100 heavy (non-hydrogen) atoms. The second-order valence-corrected chi connectivity index (χ2v) is 26.7. The van der Waals surface area contributed by atoms with Crippen molar-refractivity contribution < 1.29 is 89.4 Å². The third-order valence-corrected chi connectivity index (χ3v) is 18.2. The Labute approximate surface area is 600 Å². The van der Waals surface area contributed by atoms with Crippen molar-refractivity contribution in [3.05, 3.63) is 134 Å². The number of hydrogen-bond donors (Lipinski definition) is 12. The molecule has 3 aliphatic heterocycles. The lowest BCUT2D eigenvalue weighted by Gasteiger charge is -2.48. The van der Waals surface area contributed by atoms with Crippen LogP contribution in [0.2, 0.25) is 0 Å². The van der Waals surface area contributed by atoms with Crippen LogP contribution < -0.4 is 5.32 Å². The maximum Gasteiger partial charge on any atom is 0.220 e. The van der Waals surface area contributed by atoms with Crippen molar-refractivity contribution in [1.29, 1.82) is 0 Å². The summed E-state index contributed by atoms with van der Waals surface area (Å²) in [5.41, 5.74) is 0. The van der Waals surface area contributed by atoms with Gasteiger partial charge in [0.05, 0.1) is 38.6 Å². The van der Waals surface area contributed by atoms with Crippen LogP contribution in [0.3, 0.4) is 0 Å². The second-order valence-electron chi connectivity index (χ2n) is 26.7. The summed E-state index contributed by atoms with van der Waals surface area (Å²) < 4.78 is 34.4. The zero-order valence-corrected chi connectivity index (χ0v) is 60.9. The van der Waals surface area contributed by atoms with Gasteiger partial charge in [0.15, 0.2) is 18.9 Å². The summed E-state index contributed by atoms with van der Waals surface area (Å²) in [6.45, 7) is 1.56. The number of unbranched alkanes of at least 4 members (excludes halogenated alkanes) is 22. The first-order chi connectivity index (χ1) is 48.8. The van der Waals surface area contributed by atoms with Gasteiger partial charge in [-0.25, -0.2) is 0 Å². The highest BCUT2D eigenvalue weighted by atomic mass is 16.8. The van der Waals surface area contributed by atoms with Crippen molar-refractivity contribution in [2.75, 3.05) is 26.4 Å². The van der Waals surface area contributed by atoms with Gasteiger partial charge in [-0.3, -0.25) is 4.79 Å². The lowest BCUT2D eigenvalue weighted by atomic mass is 9.96. The number of hydrogen-bond acceptors (Lipinski definition) is 18. The molecule has 0 aromatic carbocycles. The van der Waals surface area contributed by atoms with Gasteiger partial charge in [0.1, 0.15) is 73.2 Å². The highest BCUT2D eigenvalue weighted by Gasteiger charge is 2.53. The number of rotatable bonds is 58. The average Bonchev–Trinajstić information content (AvgIpc) is 0.783. The second kappa shape index (κ2) is 60.2. The van der Waals surface area contributed by atoms with E-state index < -0.39 is 131 Å². The molecular weight excluding hydrogens is 1270 g/mol. The van der Waals surface area contributed by atoms with E-state index in [1.807, 2.05) is 6.08 Å². The topological polar surface area (TPSA) is 307 Å². The molecule has 0 bridgehead atoms. The Kier molecular flexibility index (Phi) is 54.3. The molecule has 17 unspecified atom stereocenters. The summed E-state index contributed by atoms with van der Waals surface area (Å²) in [5, 5.41) is 121. The third-order valence-electron chi connectivity index (χ3n) is 18.2. The fourth-order valence-corrected chi connectivity index (χ4v) is 12.0. The SMILES string of the molecule is CC/C=C\C/C=C\C/C=C\C/C=C\C/C=C\C/C=C\C/C=C\C/C=C\CCCCC(=O)NC(COC1OC(CO)C(OC2OC(CO)C(OC3OC(CO)C(O)C(O)C3O)C(O)C2O)C(O)C1O)C(O)/C=C/CC/C=C/CC/C=C/CCCCCCCCCCCCCCCCCCCC. The number of carbonyl (C=O) groups excluding carboxylic acids is 1. The van der Waals surface area contributed by atoms with E-state index in [-0.39, 0.29) is 12.3 Å². The number of allylic oxidation sites excluding steroid dienone is 21. The largest absolute Gasteiger partial charge is 0.394 e. The fraction of sp³-hybridized carbons (Fsp3) is 0.716. The molecule has 3 heterocycles. The molecule has 3 rings (SSSR count). The monoisotopic (exact) mass is 1410 g/mol. The fourth-order valence-electron chi connectivity index (χ4n) is 12.0. The maximum absolute atomic E-state index is 13.4. The Balaban J connectivity index is 1.45. The molecule has 19 nitrogen and oxygen atoms in total. The summed E-state index contributed by atoms with van der Waals surface area (Å²) in [7, 11) is 0. The molecule has 12 N–H and O–H groups in total. The van der Waals surface area contributed by atoms with Crippen molar-refractivity contribution in [3.63, 3.8) is 0 Å². The van der Waals surface area contributed by atoms with E-state index >= 15 is 0 Å². The van der Waals surface area contributed by atoms with E-state index in [9.17, 15) is 61.0 Å². The Morgan fingerprint density at radius 2 is 0.700 bits per heavy atom. The minimum absolute atomic E-state index is 0.167. The molecule has 0 spiro atoms. The molecule has 17 atom stereocenters. The minimum atomic E-state index is -2.00. The van der Waals surface area contributed by atoms with Crippen LogP contribution in [0.1, 0.15) is 239 Å². The van der Waals surface area contributed by atoms with Crippen LogP contribution in [0.5, 0.6) is 0 Å². The summed E-state index contributed by atoms with van der Waals surface area (Å²) >= 11 is 0. The van der Waals surface area contributed by atoms with Crippen molar-refractivity contribution in [2.45, 2.75) is 343 Å². The van der Waals surface area contributed by atoms with E-state index in [1.165, 1.54) is 116 Å². The molecule has 572 valence electrons. The molecule has 0 aliphatic carbocycles. The Morgan fingerprint density at radius 3 is 1.12 bits per heavy atom. The van der Waals surface area contributed by atoms with Gasteiger partial charge in [0, 0.05) is 6.42 Å². The Morgan fingerprint density at radius 1 is 0.370 bits per heavy atom. The molecule has 0 saturated carbocycles. The third kappa shape index (κ3) is 40.3. The molecular formula is C81H135NO18. The zero-order chi connectivity index (χ0) is 72.5. The summed E-state index contributed by atoms with van der Waals surface area (Å²) in [6.07, 6.45) is 58.6. The standard InChI is InChI=1S/C81H135NO18/c1-3-5-7-9-11-13-15-17-19-21-23-25-27-29-31-33-34-36-38-40-42-44-46-48-50-52-54-56-58-65(86)64(82-69(87)59-57-55-53-51-49-47-45-43-41-39-37-35-32-30-28-26-24-22-20-18-16-14-12-10-8-6-4-2)63-95-79-75(93)72(90)77(67(61-84)97-79)100-81-76(94)73(91)78(68(62-85)98-81)99-80-74(92)71(89)70(88)66(60-83)96-80/h6,8,12,14,18,20,24,26,30,32,37,39-40,42-43,45,48-51,56,58,64-68,70-81,83-86,88-94H,3-5,7,9-11,13,15-17,19,21-23,25,27-29,31,33-36,38,41,44,46-47,52-55,57,59-63H2,1-2H3,(H,82,87)/b8-6-,14-12-,20-18-,26-24-,32-30-,39-37-,42-40+,45-43-,50-48+,51-49-,58-56+. The van der Waals surface area contributed by atoms with E-state index in [0.717, 1.165) is 89.9 Å². The van der Waals surface area contributed by atoms with Gasteiger partial charge in [-0.2, -0.15) is 0 Å². The van der Waals surface area contributed by atoms with Crippen molar-refractivity contribution in [2.24, 2.45) is 0 Å². The predicted molar refractivity (Wildman–Crippen MR) is 396 cm³/mol. The van der Waals surface area contributed by atoms with Crippen LogP contribution in [0, 0.1) is 0 Å². The van der Waals surface area contributed by atoms with Gasteiger partial charge < -0.3 is 89.9 Å². The van der Waals surface area contributed by atoms with E-state index in [0.29, 0.717) is 12.8 Å². The summed E-state index contributed by atoms with van der Waals surface area (Å²) in [6, 6.07) is -1.03. The van der Waals surface area contributed by atoms with Crippen LogP contribution in [0.15, 0.2) is 134 Å². The van der Waals surface area contributed by atoms with Crippen molar-refractivity contribution >= 4 is 5.91 Å². The van der Waals surface area contributed by atoms with Crippen LogP contribution in [-0.2, 0) is 33.2 Å². The quantitative estimate of drug-likeness (QED) is 0.0199. The van der Waals surface area contributed by atoms with E-state index in [2.05, 4.69) is 141 Å². The summed E-state index contributed by atoms with van der Waals surface area (Å²) in [4.78, 5) is 13.4. The van der Waals surface area contributed by atoms with Gasteiger partial charge in [-0.05, 0) is 109 Å². The molecule has 1 amide bonds. The summed E-state index contributed by atoms with van der Waals surface area (Å²) in [5.74, 6) is -0.336. The van der Waals surface area contributed by atoms with Crippen LogP contribution in [0.25, 0.3) is 0 Å². The molecule has 0 aromatic heterocycles. The Bertz CT molecular complexity index is 2330. The highest BCUT2D eigenvalue weighted by Crippen LogP contribution is 2.33. The number of nitrogens with one attached hydrogen (secondary N) is 1. The highest BCUT2D eigenvalue weighted by molar-refractivity contribution is 5.76. The van der Waals surface area contributed by atoms with E-state index in [1.54, 1.807) is 6.08 Å². The number of ether oxygens (including phenoxy) is 6. The minimum Gasteiger partial charge on any atom is -0.394 e. The molecule has 3 aliphatic rings. The first-order valence-electron chi connectivity index (χ1n) is 38.4.